The van der Waals surface area contributed by atoms with Crippen LogP contribution in [0, 0.1) is 18.7 Å². The first kappa shape index (κ1) is 6.99. The van der Waals surface area contributed by atoms with E-state index in [2.05, 4.69) is 11.8 Å². The van der Waals surface area contributed by atoms with Crippen LogP contribution >= 0.6 is 0 Å². The van der Waals surface area contributed by atoms with Crippen LogP contribution in [-0.2, 0) is 0 Å². The summed E-state index contributed by atoms with van der Waals surface area (Å²) in [5.41, 5.74) is 0. The summed E-state index contributed by atoms with van der Waals surface area (Å²) in [5.74, 6) is -1.43. The average molecular weight is 144 g/mol. The van der Waals surface area contributed by atoms with Gasteiger partial charge in [0, 0.05) is 6.07 Å². The van der Waals surface area contributed by atoms with Gasteiger partial charge in [0.1, 0.15) is 0 Å². The van der Waals surface area contributed by atoms with Crippen molar-refractivity contribution in [2.75, 3.05) is 0 Å². The highest BCUT2D eigenvalue weighted by molar-refractivity contribution is 5.22. The molecule has 0 unspecified atom stereocenters. The summed E-state index contributed by atoms with van der Waals surface area (Å²) >= 11 is 0. The van der Waals surface area contributed by atoms with E-state index in [1.807, 2.05) is 0 Å². The highest BCUT2D eigenvalue weighted by Crippen LogP contribution is 2.15. The first-order valence-corrected chi connectivity index (χ1v) is 2.66. The van der Waals surface area contributed by atoms with Gasteiger partial charge in [-0.05, 0) is 13.2 Å². The Morgan fingerprint density at radius 2 is 1.90 bits per heavy atom. The second-order valence-corrected chi connectivity index (χ2v) is 1.76. The van der Waals surface area contributed by atoms with E-state index < -0.39 is 11.6 Å². The van der Waals surface area contributed by atoms with Crippen LogP contribution in [0.5, 0.6) is 5.75 Å². The maximum absolute atomic E-state index is 12.3. The third-order valence-corrected chi connectivity index (χ3v) is 1.09. The zero-order valence-electron chi connectivity index (χ0n) is 5.14. The Kier molecular flexibility index (Phi) is 1.85. The molecule has 1 aromatic rings. The largest absolute Gasteiger partial charge is 0.722 e. The van der Waals surface area contributed by atoms with Crippen molar-refractivity contribution in [3.63, 3.8) is 0 Å². The lowest BCUT2D eigenvalue weighted by Crippen LogP contribution is -1.83. The molecule has 0 spiro atoms. The maximum Gasteiger partial charge on any atom is 0.229 e. The Balaban J connectivity index is 3.04. The Hall–Kier alpha value is -1.12. The predicted octanol–water partition coefficient (Wildman–Crippen LogP) is 2.00. The van der Waals surface area contributed by atoms with Crippen molar-refractivity contribution in [1.29, 1.82) is 0 Å². The molecule has 0 aliphatic carbocycles. The molecule has 1 aromatic carbocycles. The fraction of sp³-hybridized carbons (Fsp3) is 0. The minimum Gasteiger partial charge on any atom is -0.722 e. The molecule has 0 bridgehead atoms. The molecule has 54 valence electrons. The van der Waals surface area contributed by atoms with E-state index in [1.54, 1.807) is 0 Å². The molecule has 0 aliphatic rings. The molecule has 0 saturated carbocycles. The summed E-state index contributed by atoms with van der Waals surface area (Å²) in [7, 11) is 3.16. The predicted molar refractivity (Wildman–Crippen MR) is 33.4 cm³/mol. The van der Waals surface area contributed by atoms with Crippen LogP contribution in [0.4, 0.5) is 8.78 Å². The molecule has 3 heteroatoms. The first-order chi connectivity index (χ1) is 4.74. The third kappa shape index (κ3) is 1.23. The molecule has 0 aliphatic heterocycles. The molecule has 10 heavy (non-hydrogen) atoms. The van der Waals surface area contributed by atoms with Crippen molar-refractivity contribution in [3.05, 3.63) is 36.9 Å². The summed E-state index contributed by atoms with van der Waals surface area (Å²) in [5, 5.41) is 0. The Labute approximate surface area is 57.2 Å². The van der Waals surface area contributed by atoms with E-state index in [0.29, 0.717) is 5.75 Å². The maximum atomic E-state index is 12.3. The lowest BCUT2D eigenvalue weighted by molar-refractivity contribution is 0.184. The van der Waals surface area contributed by atoms with Gasteiger partial charge < -0.3 is 4.74 Å². The number of aliphatic hydroxyl groups is 1. The molecule has 0 radical (unpaired) electrons. The van der Waals surface area contributed by atoms with Crippen molar-refractivity contribution < 1.29 is 13.5 Å². The van der Waals surface area contributed by atoms with E-state index in [-0.39, 0.29) is 0 Å². The second-order valence-electron chi connectivity index (χ2n) is 1.76. The van der Waals surface area contributed by atoms with Crippen molar-refractivity contribution in [3.8, 4) is 5.75 Å². The van der Waals surface area contributed by atoms with Gasteiger partial charge in [-0.2, -0.15) is 0 Å². The molecule has 0 heterocycles. The van der Waals surface area contributed by atoms with Crippen molar-refractivity contribution in [2.45, 2.75) is 0 Å². The number of ether oxygens (including phenoxy) is 1. The molecule has 0 aromatic heterocycles. The molecule has 0 fully saturated rings. The summed E-state index contributed by atoms with van der Waals surface area (Å²) in [6, 6.07) is 3.35. The minimum atomic E-state index is -0.898. The van der Waals surface area contributed by atoms with Crippen molar-refractivity contribution in [1.82, 2.24) is 0 Å². The van der Waals surface area contributed by atoms with Crippen LogP contribution in [0.1, 0.15) is 0 Å². The highest BCUT2D eigenvalue weighted by Gasteiger charge is 2.02. The Morgan fingerprint density at radius 3 is 2.40 bits per heavy atom. The Morgan fingerprint density at radius 1 is 1.20 bits per heavy atom. The van der Waals surface area contributed by atoms with Crippen molar-refractivity contribution in [2.24, 2.45) is 0 Å². The third-order valence-electron chi connectivity index (χ3n) is 1.09. The monoisotopic (exact) mass is 144 g/mol. The number of benzene rings is 1. The number of hydrogen-bond donors (Lipinski definition) is 0. The molecular weight excluding hydrogens is 138 g/mol. The molecule has 0 atom stereocenters. The summed E-state index contributed by atoms with van der Waals surface area (Å²) in [6.07, 6.45) is 0. The topological polar surface area (TPSA) is 12.8 Å². The number of hydrogen-bond acceptors (Lipinski definition) is 0. The quantitative estimate of drug-likeness (QED) is 0.422. The Bertz CT molecular complexity index is 235. The zero-order chi connectivity index (χ0) is 7.56. The van der Waals surface area contributed by atoms with Gasteiger partial charge in [0.25, 0.3) is 0 Å². The molecular formula is C7H6F2O. The summed E-state index contributed by atoms with van der Waals surface area (Å²) in [4.78, 5) is 0. The van der Waals surface area contributed by atoms with Crippen LogP contribution in [0.25, 0.3) is 0 Å². The molecule has 1 nitrogen and oxygen atoms in total. The van der Waals surface area contributed by atoms with Gasteiger partial charge in [-0.15, -0.1) is 0 Å². The standard InChI is InChI=1S/C7H6F2O/c1-10-5-2-3-6(8)7(9)4-5/h2-4,10H,1H2. The lowest BCUT2D eigenvalue weighted by Gasteiger charge is -2.01. The number of aromatic hydroxyl groups is 1. The number of rotatable bonds is 1. The van der Waals surface area contributed by atoms with Gasteiger partial charge in [0.15, 0.2) is 11.6 Å². The van der Waals surface area contributed by atoms with Gasteiger partial charge in [-0.25, -0.2) is 8.78 Å². The summed E-state index contributed by atoms with van der Waals surface area (Å²) < 4.78 is 27.9. The van der Waals surface area contributed by atoms with Crippen LogP contribution in [0.3, 0.4) is 0 Å². The van der Waals surface area contributed by atoms with Gasteiger partial charge in [-0.3, -0.25) is 0 Å². The van der Waals surface area contributed by atoms with Gasteiger partial charge in [-0.1, -0.05) is 0 Å². The van der Waals surface area contributed by atoms with Crippen molar-refractivity contribution >= 4 is 0 Å². The van der Waals surface area contributed by atoms with Crippen LogP contribution in [-0.4, -0.2) is 4.74 Å². The van der Waals surface area contributed by atoms with Crippen LogP contribution in [0.2, 0.25) is 0 Å². The first-order valence-electron chi connectivity index (χ1n) is 2.66. The summed E-state index contributed by atoms with van der Waals surface area (Å²) in [6.45, 7) is 0. The van der Waals surface area contributed by atoms with E-state index in [1.165, 1.54) is 6.07 Å². The number of halogens is 2. The van der Waals surface area contributed by atoms with Crippen LogP contribution < -0.4 is 0 Å². The molecule has 1 N–H and O–H groups in total. The zero-order valence-corrected chi connectivity index (χ0v) is 5.14. The molecule has 0 saturated heterocycles. The molecule has 1 rings (SSSR count). The smallest absolute Gasteiger partial charge is 0.229 e. The average Bonchev–Trinajstić information content (AvgIpc) is 1.95. The van der Waals surface area contributed by atoms with Gasteiger partial charge in [0.05, 0.1) is 6.07 Å². The highest BCUT2D eigenvalue weighted by atomic mass is 19.2. The SMILES string of the molecule is [CH2-][OH+]c1ccc(F)c(F)c1. The van der Waals surface area contributed by atoms with Crippen LogP contribution in [0.15, 0.2) is 18.2 Å². The van der Waals surface area contributed by atoms with E-state index in [0.717, 1.165) is 12.1 Å². The lowest BCUT2D eigenvalue weighted by atomic mass is 10.3. The van der Waals surface area contributed by atoms with E-state index >= 15 is 0 Å². The fourth-order valence-electron chi connectivity index (χ4n) is 0.583. The normalized spacial score (nSPS) is 9.50. The second kappa shape index (κ2) is 2.64. The minimum absolute atomic E-state index is 0.332. The van der Waals surface area contributed by atoms with Gasteiger partial charge in [0.2, 0.25) is 5.75 Å². The van der Waals surface area contributed by atoms with E-state index in [4.69, 9.17) is 0 Å². The van der Waals surface area contributed by atoms with E-state index in [9.17, 15) is 8.78 Å². The molecule has 0 amide bonds. The fourth-order valence-corrected chi connectivity index (χ4v) is 0.583. The van der Waals surface area contributed by atoms with Gasteiger partial charge >= 0.3 is 0 Å².